The van der Waals surface area contributed by atoms with Crippen LogP contribution in [-0.4, -0.2) is 29.8 Å². The maximum atomic E-state index is 12.8. The fraction of sp³-hybridized carbons (Fsp3) is 0.304. The van der Waals surface area contributed by atoms with Crippen LogP contribution in [0, 0.1) is 5.92 Å². The minimum absolute atomic E-state index is 0.0308. The van der Waals surface area contributed by atoms with Crippen LogP contribution in [0.3, 0.4) is 0 Å². The number of hydrogen-bond acceptors (Lipinski definition) is 3. The molecule has 0 bridgehead atoms. The van der Waals surface area contributed by atoms with E-state index in [1.165, 1.54) is 23.3 Å². The van der Waals surface area contributed by atoms with Crippen molar-refractivity contribution < 1.29 is 14.0 Å². The standard InChI is InChI=1S/C23H24N2O3/c1-16(20-8-4-6-17-5-2-3-7-21(17)20)24-22(26)18-9-12-25(13-10-18)23(27)19-11-14-28-15-19/h2-8,11,14-16,18H,9-10,12-13H2,1H3,(H,24,26). The lowest BCUT2D eigenvalue weighted by Crippen LogP contribution is -2.43. The third kappa shape index (κ3) is 3.65. The van der Waals surface area contributed by atoms with Crippen molar-refractivity contribution in [2.75, 3.05) is 13.1 Å². The molecule has 144 valence electrons. The molecule has 4 rings (SSSR count). The molecule has 1 fully saturated rings. The van der Waals surface area contributed by atoms with Crippen molar-refractivity contribution in [3.63, 3.8) is 0 Å². The van der Waals surface area contributed by atoms with E-state index in [2.05, 4.69) is 29.6 Å². The Morgan fingerprint density at radius 1 is 1.07 bits per heavy atom. The second kappa shape index (κ2) is 7.89. The first-order valence-electron chi connectivity index (χ1n) is 9.73. The summed E-state index contributed by atoms with van der Waals surface area (Å²) in [5, 5.41) is 5.51. The van der Waals surface area contributed by atoms with Crippen molar-refractivity contribution in [3.8, 4) is 0 Å². The zero-order valence-corrected chi connectivity index (χ0v) is 15.9. The third-order valence-electron chi connectivity index (χ3n) is 5.57. The number of rotatable bonds is 4. The van der Waals surface area contributed by atoms with E-state index in [0.29, 0.717) is 31.5 Å². The molecule has 1 aromatic heterocycles. The highest BCUT2D eigenvalue weighted by Crippen LogP contribution is 2.25. The minimum atomic E-state index is -0.0656. The van der Waals surface area contributed by atoms with Crippen LogP contribution in [0.15, 0.2) is 65.5 Å². The summed E-state index contributed by atoms with van der Waals surface area (Å²) in [6.07, 6.45) is 4.32. The van der Waals surface area contributed by atoms with Crippen LogP contribution in [0.2, 0.25) is 0 Å². The number of amides is 2. The van der Waals surface area contributed by atoms with Gasteiger partial charge in [0.1, 0.15) is 6.26 Å². The zero-order chi connectivity index (χ0) is 19.5. The van der Waals surface area contributed by atoms with Crippen LogP contribution < -0.4 is 5.32 Å². The second-order valence-corrected chi connectivity index (χ2v) is 7.38. The van der Waals surface area contributed by atoms with E-state index in [1.54, 1.807) is 11.0 Å². The van der Waals surface area contributed by atoms with Gasteiger partial charge in [-0.1, -0.05) is 42.5 Å². The first-order chi connectivity index (χ1) is 13.6. The summed E-state index contributed by atoms with van der Waals surface area (Å²) in [6, 6.07) is 16.0. The number of likely N-dealkylation sites (tertiary alicyclic amines) is 1. The highest BCUT2D eigenvalue weighted by molar-refractivity contribution is 5.94. The molecule has 5 nitrogen and oxygen atoms in total. The Hall–Kier alpha value is -3.08. The molecule has 1 aliphatic rings. The molecule has 1 aliphatic heterocycles. The highest BCUT2D eigenvalue weighted by Gasteiger charge is 2.29. The summed E-state index contributed by atoms with van der Waals surface area (Å²) in [5.74, 6) is -0.0293. The summed E-state index contributed by atoms with van der Waals surface area (Å²) in [7, 11) is 0. The summed E-state index contributed by atoms with van der Waals surface area (Å²) in [5.41, 5.74) is 1.69. The number of furan rings is 1. The average Bonchev–Trinajstić information content (AvgIpc) is 3.27. The van der Waals surface area contributed by atoms with E-state index < -0.39 is 0 Å². The van der Waals surface area contributed by atoms with E-state index in [4.69, 9.17) is 4.42 Å². The first kappa shape index (κ1) is 18.3. The predicted molar refractivity (Wildman–Crippen MR) is 108 cm³/mol. The van der Waals surface area contributed by atoms with Crippen LogP contribution in [0.5, 0.6) is 0 Å². The molecule has 1 unspecified atom stereocenters. The van der Waals surface area contributed by atoms with Crippen molar-refractivity contribution in [1.29, 1.82) is 0 Å². The number of carbonyl (C=O) groups excluding carboxylic acids is 2. The maximum Gasteiger partial charge on any atom is 0.257 e. The molecule has 1 N–H and O–H groups in total. The molecule has 2 heterocycles. The van der Waals surface area contributed by atoms with E-state index in [0.717, 1.165) is 5.56 Å². The molecule has 28 heavy (non-hydrogen) atoms. The van der Waals surface area contributed by atoms with Gasteiger partial charge in [-0.2, -0.15) is 0 Å². The van der Waals surface area contributed by atoms with Crippen molar-refractivity contribution in [2.45, 2.75) is 25.8 Å². The Bertz CT molecular complexity index is 967. The van der Waals surface area contributed by atoms with Gasteiger partial charge < -0.3 is 14.6 Å². The minimum Gasteiger partial charge on any atom is -0.472 e. The number of nitrogens with zero attached hydrogens (tertiary/aromatic N) is 1. The number of benzene rings is 2. The van der Waals surface area contributed by atoms with E-state index in [-0.39, 0.29) is 23.8 Å². The molecular weight excluding hydrogens is 352 g/mol. The Kier molecular flexibility index (Phi) is 5.15. The van der Waals surface area contributed by atoms with Gasteiger partial charge in [0, 0.05) is 19.0 Å². The fourth-order valence-corrected chi connectivity index (χ4v) is 3.95. The van der Waals surface area contributed by atoms with Crippen LogP contribution in [-0.2, 0) is 4.79 Å². The monoisotopic (exact) mass is 376 g/mol. The molecule has 0 saturated carbocycles. The first-order valence-corrected chi connectivity index (χ1v) is 9.73. The van der Waals surface area contributed by atoms with Crippen molar-refractivity contribution in [3.05, 3.63) is 72.2 Å². The number of hydrogen-bond donors (Lipinski definition) is 1. The molecule has 3 aromatic rings. The largest absolute Gasteiger partial charge is 0.472 e. The molecule has 0 spiro atoms. The topological polar surface area (TPSA) is 62.6 Å². The van der Waals surface area contributed by atoms with E-state index in [9.17, 15) is 9.59 Å². The molecule has 5 heteroatoms. The Labute approximate surface area is 164 Å². The summed E-state index contributed by atoms with van der Waals surface area (Å²) in [6.45, 7) is 3.20. The maximum absolute atomic E-state index is 12.8. The van der Waals surface area contributed by atoms with Gasteiger partial charge in [-0.05, 0) is 42.2 Å². The summed E-state index contributed by atoms with van der Waals surface area (Å²) in [4.78, 5) is 27.0. The predicted octanol–water partition coefficient (Wildman–Crippen LogP) is 4.16. The van der Waals surface area contributed by atoms with Crippen LogP contribution in [0.25, 0.3) is 10.8 Å². The summed E-state index contributed by atoms with van der Waals surface area (Å²) < 4.78 is 4.99. The number of carbonyl (C=O) groups is 2. The number of piperidine rings is 1. The molecule has 1 saturated heterocycles. The Morgan fingerprint density at radius 2 is 1.82 bits per heavy atom. The van der Waals surface area contributed by atoms with Crippen LogP contribution in [0.4, 0.5) is 0 Å². The van der Waals surface area contributed by atoms with E-state index >= 15 is 0 Å². The summed E-state index contributed by atoms with van der Waals surface area (Å²) >= 11 is 0. The van der Waals surface area contributed by atoms with E-state index in [1.807, 2.05) is 25.1 Å². The normalized spacial score (nSPS) is 16.1. The Balaban J connectivity index is 1.37. The number of nitrogens with one attached hydrogen (secondary N) is 1. The van der Waals surface area contributed by atoms with Gasteiger partial charge in [0.05, 0.1) is 17.9 Å². The smallest absolute Gasteiger partial charge is 0.257 e. The van der Waals surface area contributed by atoms with Crippen molar-refractivity contribution >= 4 is 22.6 Å². The molecule has 2 amide bonds. The lowest BCUT2D eigenvalue weighted by Gasteiger charge is -2.31. The van der Waals surface area contributed by atoms with Gasteiger partial charge >= 0.3 is 0 Å². The van der Waals surface area contributed by atoms with Gasteiger partial charge in [-0.15, -0.1) is 0 Å². The lowest BCUT2D eigenvalue weighted by molar-refractivity contribution is -0.126. The fourth-order valence-electron chi connectivity index (χ4n) is 3.95. The second-order valence-electron chi connectivity index (χ2n) is 7.38. The Morgan fingerprint density at radius 3 is 2.57 bits per heavy atom. The van der Waals surface area contributed by atoms with Crippen LogP contribution >= 0.6 is 0 Å². The van der Waals surface area contributed by atoms with Gasteiger partial charge in [-0.25, -0.2) is 0 Å². The van der Waals surface area contributed by atoms with Gasteiger partial charge in [-0.3, -0.25) is 9.59 Å². The molecule has 1 atom stereocenters. The van der Waals surface area contributed by atoms with Crippen molar-refractivity contribution in [1.82, 2.24) is 10.2 Å². The van der Waals surface area contributed by atoms with Crippen LogP contribution in [0.1, 0.15) is 41.7 Å². The average molecular weight is 376 g/mol. The zero-order valence-electron chi connectivity index (χ0n) is 15.9. The molecule has 0 radical (unpaired) electrons. The SMILES string of the molecule is CC(NC(=O)C1CCN(C(=O)c2ccoc2)CC1)c1cccc2ccccc12. The van der Waals surface area contributed by atoms with Gasteiger partial charge in [0.2, 0.25) is 5.91 Å². The third-order valence-corrected chi connectivity index (χ3v) is 5.57. The molecule has 0 aliphatic carbocycles. The molecular formula is C23H24N2O3. The quantitative estimate of drug-likeness (QED) is 0.744. The van der Waals surface area contributed by atoms with Crippen molar-refractivity contribution in [2.24, 2.45) is 5.92 Å². The highest BCUT2D eigenvalue weighted by atomic mass is 16.3. The number of fused-ring (bicyclic) bond motifs is 1. The molecule has 2 aromatic carbocycles. The lowest BCUT2D eigenvalue weighted by atomic mass is 9.94. The van der Waals surface area contributed by atoms with Gasteiger partial charge in [0.25, 0.3) is 5.91 Å². The van der Waals surface area contributed by atoms with Gasteiger partial charge in [0.15, 0.2) is 0 Å².